The molecule has 0 aromatic heterocycles. The highest BCUT2D eigenvalue weighted by Gasteiger charge is 2.09. The third-order valence-electron chi connectivity index (χ3n) is 0.433. The van der Waals surface area contributed by atoms with Crippen molar-refractivity contribution < 1.29 is 4.43 Å². The predicted molar refractivity (Wildman–Crippen MR) is 29.8 cm³/mol. The third kappa shape index (κ3) is 4.18. The van der Waals surface area contributed by atoms with E-state index in [1.165, 1.54) is 0 Å². The summed E-state index contributed by atoms with van der Waals surface area (Å²) in [5.41, 5.74) is 0. The largest absolute Gasteiger partial charge is 0.415 e. The molecule has 0 aliphatic heterocycles. The van der Waals surface area contributed by atoms with E-state index in [4.69, 9.17) is 4.43 Å². The monoisotopic (exact) mass is 103 g/mol. The normalized spacial score (nSPS) is 12.0. The molecule has 6 heavy (non-hydrogen) atoms. The van der Waals surface area contributed by atoms with Crippen LogP contribution in [-0.4, -0.2) is 8.32 Å². The average Bonchev–Trinajstić information content (AvgIpc) is 1.35. The molecule has 0 aliphatic carbocycles. The molecule has 0 unspecified atom stereocenters. The van der Waals surface area contributed by atoms with E-state index < -0.39 is 8.32 Å². The second-order valence-electron chi connectivity index (χ2n) is 2.26. The van der Waals surface area contributed by atoms with Crippen LogP contribution in [0.2, 0.25) is 19.6 Å². The standard InChI is InChI=1S/C4H11OSi/c1-5-6(2,3)4/h1H2,2-4H3. The van der Waals surface area contributed by atoms with Gasteiger partial charge in [-0.1, -0.05) is 0 Å². The van der Waals surface area contributed by atoms with E-state index >= 15 is 0 Å². The highest BCUT2D eigenvalue weighted by atomic mass is 28.4. The first-order valence-corrected chi connectivity index (χ1v) is 5.40. The van der Waals surface area contributed by atoms with E-state index in [2.05, 4.69) is 26.8 Å². The van der Waals surface area contributed by atoms with Crippen molar-refractivity contribution in [3.05, 3.63) is 7.11 Å². The topological polar surface area (TPSA) is 9.23 Å². The molecule has 1 nitrogen and oxygen atoms in total. The Balaban J connectivity index is 3.17. The lowest BCUT2D eigenvalue weighted by Gasteiger charge is -2.10. The van der Waals surface area contributed by atoms with Gasteiger partial charge in [0, 0.05) is 0 Å². The molecule has 0 N–H and O–H groups in total. The zero-order chi connectivity index (χ0) is 5.21. The zero-order valence-electron chi connectivity index (χ0n) is 4.62. The maximum absolute atomic E-state index is 4.83. The van der Waals surface area contributed by atoms with Gasteiger partial charge in [0.2, 0.25) is 0 Å². The minimum Gasteiger partial charge on any atom is -0.415 e. The molecule has 0 amide bonds. The molecule has 1 radical (unpaired) electrons. The van der Waals surface area contributed by atoms with Crippen LogP contribution in [0, 0.1) is 7.11 Å². The highest BCUT2D eigenvalue weighted by Crippen LogP contribution is 1.98. The fraction of sp³-hybridized carbons (Fsp3) is 0.750. The van der Waals surface area contributed by atoms with Gasteiger partial charge in [0.15, 0.2) is 8.32 Å². The average molecular weight is 103 g/mol. The Morgan fingerprint density at radius 3 is 1.50 bits per heavy atom. The van der Waals surface area contributed by atoms with Crippen LogP contribution < -0.4 is 0 Å². The summed E-state index contributed by atoms with van der Waals surface area (Å²) in [6.45, 7) is 6.29. The predicted octanol–water partition coefficient (Wildman–Crippen LogP) is 1.63. The summed E-state index contributed by atoms with van der Waals surface area (Å²) in [5.74, 6) is 0. The van der Waals surface area contributed by atoms with Crippen molar-refractivity contribution in [2.45, 2.75) is 19.6 Å². The summed E-state index contributed by atoms with van der Waals surface area (Å²) in [7, 11) is 2.08. The van der Waals surface area contributed by atoms with Crippen LogP contribution >= 0.6 is 0 Å². The van der Waals surface area contributed by atoms with Crippen LogP contribution in [-0.2, 0) is 4.43 Å². The quantitative estimate of drug-likeness (QED) is 0.458. The second kappa shape index (κ2) is 1.75. The smallest absolute Gasteiger partial charge is 0.183 e. The maximum Gasteiger partial charge on any atom is 0.183 e. The van der Waals surface area contributed by atoms with Crippen molar-refractivity contribution >= 4 is 8.32 Å². The van der Waals surface area contributed by atoms with Gasteiger partial charge in [-0.05, 0) is 19.6 Å². The van der Waals surface area contributed by atoms with E-state index in [1.54, 1.807) is 0 Å². The summed E-state index contributed by atoms with van der Waals surface area (Å²) in [5, 5.41) is 0. The molecular weight excluding hydrogens is 92.1 g/mol. The Labute approximate surface area is 40.5 Å². The number of rotatable bonds is 1. The van der Waals surface area contributed by atoms with Gasteiger partial charge in [-0.15, -0.1) is 0 Å². The molecule has 0 fully saturated rings. The van der Waals surface area contributed by atoms with E-state index in [0.717, 1.165) is 0 Å². The van der Waals surface area contributed by atoms with Crippen LogP contribution in [0.5, 0.6) is 0 Å². The van der Waals surface area contributed by atoms with Crippen molar-refractivity contribution in [3.63, 3.8) is 0 Å². The Hall–Kier alpha value is 0.177. The first-order valence-electron chi connectivity index (χ1n) is 1.99. The van der Waals surface area contributed by atoms with E-state index in [-0.39, 0.29) is 0 Å². The van der Waals surface area contributed by atoms with Crippen molar-refractivity contribution in [1.82, 2.24) is 0 Å². The Bertz CT molecular complexity index is 37.3. The SMILES string of the molecule is [CH2]O[Si](C)(C)C. The summed E-state index contributed by atoms with van der Waals surface area (Å²) in [6, 6.07) is 0. The van der Waals surface area contributed by atoms with Gasteiger partial charge in [-0.2, -0.15) is 0 Å². The molecule has 0 atom stereocenters. The first kappa shape index (κ1) is 6.18. The lowest BCUT2D eigenvalue weighted by molar-refractivity contribution is 0.471. The van der Waals surface area contributed by atoms with E-state index in [1.807, 2.05) is 0 Å². The van der Waals surface area contributed by atoms with Crippen LogP contribution in [0.25, 0.3) is 0 Å². The molecule has 37 valence electrons. The lowest BCUT2D eigenvalue weighted by atomic mass is 11.8. The Kier molecular flexibility index (Phi) is 1.81. The zero-order valence-corrected chi connectivity index (χ0v) is 5.62. The van der Waals surface area contributed by atoms with Gasteiger partial charge >= 0.3 is 0 Å². The van der Waals surface area contributed by atoms with Crippen molar-refractivity contribution in [2.24, 2.45) is 0 Å². The number of hydrogen-bond donors (Lipinski definition) is 0. The van der Waals surface area contributed by atoms with Crippen molar-refractivity contribution in [1.29, 1.82) is 0 Å². The van der Waals surface area contributed by atoms with Crippen molar-refractivity contribution in [3.8, 4) is 0 Å². The fourth-order valence-electron chi connectivity index (χ4n) is 0. The lowest BCUT2D eigenvalue weighted by Crippen LogP contribution is -2.21. The molecule has 0 rings (SSSR count). The van der Waals surface area contributed by atoms with E-state index in [9.17, 15) is 0 Å². The summed E-state index contributed by atoms with van der Waals surface area (Å²) < 4.78 is 4.83. The van der Waals surface area contributed by atoms with Crippen LogP contribution in [0.15, 0.2) is 0 Å². The van der Waals surface area contributed by atoms with Gasteiger partial charge < -0.3 is 4.43 Å². The molecule has 0 heterocycles. The van der Waals surface area contributed by atoms with Gasteiger partial charge in [0.25, 0.3) is 0 Å². The Morgan fingerprint density at radius 1 is 1.33 bits per heavy atom. The molecular formula is C4H11OSi. The molecule has 0 aromatic rings. The van der Waals surface area contributed by atoms with E-state index in [0.29, 0.717) is 0 Å². The summed E-state index contributed by atoms with van der Waals surface area (Å²) in [4.78, 5) is 0. The summed E-state index contributed by atoms with van der Waals surface area (Å²) in [6.07, 6.45) is 0. The number of hydrogen-bond acceptors (Lipinski definition) is 1. The molecule has 0 spiro atoms. The minimum absolute atomic E-state index is 1.24. The van der Waals surface area contributed by atoms with Gasteiger partial charge in [0.1, 0.15) is 0 Å². The second-order valence-corrected chi connectivity index (χ2v) is 6.77. The molecule has 0 aliphatic rings. The molecule has 0 saturated heterocycles. The Morgan fingerprint density at radius 2 is 1.50 bits per heavy atom. The minimum atomic E-state index is -1.24. The first-order chi connectivity index (χ1) is 2.56. The van der Waals surface area contributed by atoms with Crippen LogP contribution in [0.1, 0.15) is 0 Å². The third-order valence-corrected chi connectivity index (χ3v) is 1.30. The van der Waals surface area contributed by atoms with Gasteiger partial charge in [0.05, 0.1) is 7.11 Å². The van der Waals surface area contributed by atoms with Crippen molar-refractivity contribution in [2.75, 3.05) is 0 Å². The maximum atomic E-state index is 4.83. The highest BCUT2D eigenvalue weighted by molar-refractivity contribution is 6.69. The van der Waals surface area contributed by atoms with Crippen LogP contribution in [0.4, 0.5) is 0 Å². The van der Waals surface area contributed by atoms with Crippen LogP contribution in [0.3, 0.4) is 0 Å². The molecule has 0 aromatic carbocycles. The molecule has 0 bridgehead atoms. The molecule has 2 heteroatoms. The van der Waals surface area contributed by atoms with Gasteiger partial charge in [-0.25, -0.2) is 0 Å². The summed E-state index contributed by atoms with van der Waals surface area (Å²) >= 11 is 0. The van der Waals surface area contributed by atoms with Gasteiger partial charge in [-0.3, -0.25) is 0 Å². The molecule has 0 saturated carbocycles. The fourth-order valence-corrected chi connectivity index (χ4v) is 0.